The monoisotopic (exact) mass is 305 g/mol. The van der Waals surface area contributed by atoms with Crippen LogP contribution in [0.4, 0.5) is 0 Å². The zero-order valence-corrected chi connectivity index (χ0v) is 12.6. The number of halogens is 1. The summed E-state index contributed by atoms with van der Waals surface area (Å²) in [5, 5.41) is 13.5. The molecule has 0 aromatic heterocycles. The van der Waals surface area contributed by atoms with Crippen molar-refractivity contribution in [3.63, 3.8) is 0 Å². The van der Waals surface area contributed by atoms with Crippen molar-refractivity contribution in [1.29, 1.82) is 0 Å². The number of nitrogens with one attached hydrogen (secondary N) is 1. The van der Waals surface area contributed by atoms with Crippen LogP contribution in [0, 0.1) is 0 Å². The van der Waals surface area contributed by atoms with Crippen LogP contribution in [0.25, 0.3) is 0 Å². The van der Waals surface area contributed by atoms with E-state index in [-0.39, 0.29) is 18.4 Å². The fourth-order valence-corrected chi connectivity index (χ4v) is 2.60. The molecule has 3 nitrogen and oxygen atoms in total. The van der Waals surface area contributed by atoms with Gasteiger partial charge in [-0.25, -0.2) is 0 Å². The Bertz CT molecular complexity index is 568. The maximum atomic E-state index is 10.1. The van der Waals surface area contributed by atoms with Crippen LogP contribution >= 0.6 is 12.4 Å². The predicted molar refractivity (Wildman–Crippen MR) is 86.1 cm³/mol. The zero-order chi connectivity index (χ0) is 13.8. The van der Waals surface area contributed by atoms with Gasteiger partial charge in [0, 0.05) is 17.7 Å². The second kappa shape index (κ2) is 7.34. The first-order chi connectivity index (χ1) is 9.83. The SMILES string of the molecule is Cl.Oc1cc(OCc2ccccc2)ccc1[C@@H]1CCCN1. The maximum Gasteiger partial charge on any atom is 0.124 e. The number of hydrogen-bond acceptors (Lipinski definition) is 3. The summed E-state index contributed by atoms with van der Waals surface area (Å²) < 4.78 is 5.71. The first-order valence-corrected chi connectivity index (χ1v) is 7.06. The first-order valence-electron chi connectivity index (χ1n) is 7.06. The quantitative estimate of drug-likeness (QED) is 0.902. The van der Waals surface area contributed by atoms with Crippen LogP contribution in [0.1, 0.15) is 30.0 Å². The third-order valence-corrected chi connectivity index (χ3v) is 3.69. The second-order valence-corrected chi connectivity index (χ2v) is 5.14. The van der Waals surface area contributed by atoms with Crippen molar-refractivity contribution in [3.05, 3.63) is 59.7 Å². The van der Waals surface area contributed by atoms with E-state index in [0.717, 1.165) is 30.5 Å². The molecule has 0 bridgehead atoms. The molecule has 0 aliphatic carbocycles. The fraction of sp³-hybridized carbons (Fsp3) is 0.294. The number of benzene rings is 2. The molecule has 1 fully saturated rings. The zero-order valence-electron chi connectivity index (χ0n) is 11.8. The minimum absolute atomic E-state index is 0. The van der Waals surface area contributed by atoms with Gasteiger partial charge in [-0.15, -0.1) is 12.4 Å². The van der Waals surface area contributed by atoms with Crippen LogP contribution < -0.4 is 10.1 Å². The molecule has 0 unspecified atom stereocenters. The highest BCUT2D eigenvalue weighted by Crippen LogP contribution is 2.32. The van der Waals surface area contributed by atoms with Crippen molar-refractivity contribution < 1.29 is 9.84 Å². The van der Waals surface area contributed by atoms with Crippen molar-refractivity contribution >= 4 is 12.4 Å². The summed E-state index contributed by atoms with van der Waals surface area (Å²) in [6, 6.07) is 15.9. The van der Waals surface area contributed by atoms with Crippen LogP contribution in [-0.2, 0) is 6.61 Å². The van der Waals surface area contributed by atoms with Crippen molar-refractivity contribution in [2.45, 2.75) is 25.5 Å². The van der Waals surface area contributed by atoms with Gasteiger partial charge in [-0.1, -0.05) is 36.4 Å². The Kier molecular flexibility index (Phi) is 5.48. The Balaban J connectivity index is 0.00000161. The maximum absolute atomic E-state index is 10.1. The van der Waals surface area contributed by atoms with Gasteiger partial charge in [-0.3, -0.25) is 0 Å². The standard InChI is InChI=1S/C17H19NO2.ClH/c19-17-11-14(20-12-13-5-2-1-3-6-13)8-9-15(17)16-7-4-10-18-16;/h1-3,5-6,8-9,11,16,18-19H,4,7,10,12H2;1H/t16-;/m0./s1. The Morgan fingerprint density at radius 2 is 1.95 bits per heavy atom. The van der Waals surface area contributed by atoms with Crippen molar-refractivity contribution in [1.82, 2.24) is 5.32 Å². The van der Waals surface area contributed by atoms with Gasteiger partial charge in [0.05, 0.1) is 0 Å². The third kappa shape index (κ3) is 3.90. The molecular formula is C17H20ClNO2. The summed E-state index contributed by atoms with van der Waals surface area (Å²) in [6.07, 6.45) is 2.24. The highest BCUT2D eigenvalue weighted by molar-refractivity contribution is 5.85. The van der Waals surface area contributed by atoms with Gasteiger partial charge in [0.25, 0.3) is 0 Å². The summed E-state index contributed by atoms with van der Waals surface area (Å²) in [5.41, 5.74) is 2.09. The summed E-state index contributed by atoms with van der Waals surface area (Å²) in [6.45, 7) is 1.54. The molecule has 1 aliphatic heterocycles. The van der Waals surface area contributed by atoms with Crippen molar-refractivity contribution in [3.8, 4) is 11.5 Å². The highest BCUT2D eigenvalue weighted by atomic mass is 35.5. The van der Waals surface area contributed by atoms with Crippen LogP contribution in [-0.4, -0.2) is 11.7 Å². The van der Waals surface area contributed by atoms with Gasteiger partial charge >= 0.3 is 0 Å². The van der Waals surface area contributed by atoms with Gasteiger partial charge in [-0.2, -0.15) is 0 Å². The Labute approximate surface area is 131 Å². The lowest BCUT2D eigenvalue weighted by atomic mass is 10.0. The van der Waals surface area contributed by atoms with E-state index in [9.17, 15) is 5.11 Å². The normalized spacial score (nSPS) is 17.2. The van der Waals surface area contributed by atoms with E-state index in [4.69, 9.17) is 4.74 Å². The van der Waals surface area contributed by atoms with E-state index in [2.05, 4.69) is 5.32 Å². The number of aromatic hydroxyl groups is 1. The average Bonchev–Trinajstić information content (AvgIpc) is 3.00. The molecule has 21 heavy (non-hydrogen) atoms. The molecule has 112 valence electrons. The lowest BCUT2D eigenvalue weighted by Gasteiger charge is -2.14. The van der Waals surface area contributed by atoms with E-state index in [1.807, 2.05) is 42.5 Å². The minimum Gasteiger partial charge on any atom is -0.507 e. The summed E-state index contributed by atoms with van der Waals surface area (Å²) >= 11 is 0. The molecule has 0 amide bonds. The topological polar surface area (TPSA) is 41.5 Å². The second-order valence-electron chi connectivity index (χ2n) is 5.14. The van der Waals surface area contributed by atoms with E-state index in [1.54, 1.807) is 6.07 Å². The Morgan fingerprint density at radius 3 is 2.62 bits per heavy atom. The molecular weight excluding hydrogens is 286 g/mol. The van der Waals surface area contributed by atoms with Crippen LogP contribution in [0.5, 0.6) is 11.5 Å². The molecule has 1 aliphatic rings. The van der Waals surface area contributed by atoms with Gasteiger partial charge < -0.3 is 15.2 Å². The number of hydrogen-bond donors (Lipinski definition) is 2. The molecule has 3 rings (SSSR count). The average molecular weight is 306 g/mol. The van der Waals surface area contributed by atoms with E-state index in [1.165, 1.54) is 0 Å². The first kappa shape index (κ1) is 15.7. The fourth-order valence-electron chi connectivity index (χ4n) is 2.60. The molecule has 4 heteroatoms. The molecule has 2 aromatic rings. The van der Waals surface area contributed by atoms with Crippen LogP contribution in [0.3, 0.4) is 0 Å². The molecule has 1 saturated heterocycles. The van der Waals surface area contributed by atoms with E-state index >= 15 is 0 Å². The summed E-state index contributed by atoms with van der Waals surface area (Å²) in [5.74, 6) is 1.02. The molecule has 0 saturated carbocycles. The third-order valence-electron chi connectivity index (χ3n) is 3.69. The molecule has 0 radical (unpaired) electrons. The molecule has 1 heterocycles. The lowest BCUT2D eigenvalue weighted by Crippen LogP contribution is -2.12. The van der Waals surface area contributed by atoms with Crippen molar-refractivity contribution in [2.75, 3.05) is 6.54 Å². The number of phenols is 1. The predicted octanol–water partition coefficient (Wildman–Crippen LogP) is 3.82. The molecule has 1 atom stereocenters. The Hall–Kier alpha value is -1.71. The van der Waals surface area contributed by atoms with E-state index in [0.29, 0.717) is 18.1 Å². The number of rotatable bonds is 4. The van der Waals surface area contributed by atoms with Crippen molar-refractivity contribution in [2.24, 2.45) is 0 Å². The smallest absolute Gasteiger partial charge is 0.124 e. The van der Waals surface area contributed by atoms with Gasteiger partial charge in [0.1, 0.15) is 18.1 Å². The van der Waals surface area contributed by atoms with Gasteiger partial charge in [-0.05, 0) is 31.0 Å². The number of phenolic OH excluding ortho intramolecular Hbond substituents is 1. The van der Waals surface area contributed by atoms with Crippen LogP contribution in [0.15, 0.2) is 48.5 Å². The molecule has 2 aromatic carbocycles. The minimum atomic E-state index is 0. The van der Waals surface area contributed by atoms with Gasteiger partial charge in [0.2, 0.25) is 0 Å². The van der Waals surface area contributed by atoms with Gasteiger partial charge in [0.15, 0.2) is 0 Å². The Morgan fingerprint density at radius 1 is 1.14 bits per heavy atom. The van der Waals surface area contributed by atoms with Crippen LogP contribution in [0.2, 0.25) is 0 Å². The van der Waals surface area contributed by atoms with E-state index < -0.39 is 0 Å². The number of ether oxygens (including phenoxy) is 1. The summed E-state index contributed by atoms with van der Waals surface area (Å²) in [7, 11) is 0. The largest absolute Gasteiger partial charge is 0.507 e. The molecule has 2 N–H and O–H groups in total. The lowest BCUT2D eigenvalue weighted by molar-refractivity contribution is 0.304. The summed E-state index contributed by atoms with van der Waals surface area (Å²) in [4.78, 5) is 0. The molecule has 0 spiro atoms. The highest BCUT2D eigenvalue weighted by Gasteiger charge is 2.19.